The molecule has 0 aromatic carbocycles. The van der Waals surface area contributed by atoms with Gasteiger partial charge in [0.15, 0.2) is 5.65 Å². The summed E-state index contributed by atoms with van der Waals surface area (Å²) in [5.74, 6) is 0.484. The molecule has 0 aliphatic carbocycles. The van der Waals surface area contributed by atoms with Gasteiger partial charge in [0.25, 0.3) is 0 Å². The number of aliphatic hydroxyl groups excluding tert-OH is 1. The molecule has 2 aromatic heterocycles. The van der Waals surface area contributed by atoms with Gasteiger partial charge in [0.05, 0.1) is 12.7 Å². The summed E-state index contributed by atoms with van der Waals surface area (Å²) < 4.78 is 7.42. The highest BCUT2D eigenvalue weighted by Gasteiger charge is 2.06. The van der Waals surface area contributed by atoms with Crippen LogP contribution >= 0.6 is 15.9 Å². The number of anilines is 1. The minimum Gasteiger partial charge on any atom is -0.389 e. The summed E-state index contributed by atoms with van der Waals surface area (Å²) in [6, 6.07) is 3.75. The van der Waals surface area contributed by atoms with Gasteiger partial charge in [0, 0.05) is 24.3 Å². The van der Waals surface area contributed by atoms with Gasteiger partial charge in [-0.15, -0.1) is 5.10 Å². The van der Waals surface area contributed by atoms with E-state index in [0.717, 1.165) is 10.1 Å². The van der Waals surface area contributed by atoms with Crippen LogP contribution in [0.4, 0.5) is 5.95 Å². The zero-order chi connectivity index (χ0) is 12.3. The molecule has 1 unspecified atom stereocenters. The van der Waals surface area contributed by atoms with Gasteiger partial charge in [-0.05, 0) is 28.1 Å². The summed E-state index contributed by atoms with van der Waals surface area (Å²) >= 11 is 3.36. The van der Waals surface area contributed by atoms with E-state index in [2.05, 4.69) is 31.3 Å². The second-order valence-electron chi connectivity index (χ2n) is 3.58. The molecule has 2 N–H and O–H groups in total. The zero-order valence-electron chi connectivity index (χ0n) is 9.30. The van der Waals surface area contributed by atoms with E-state index in [9.17, 15) is 5.11 Å². The molecule has 0 radical (unpaired) electrons. The largest absolute Gasteiger partial charge is 0.389 e. The Labute approximate surface area is 107 Å². The van der Waals surface area contributed by atoms with Crippen LogP contribution in [0.3, 0.4) is 0 Å². The zero-order valence-corrected chi connectivity index (χ0v) is 10.9. The van der Waals surface area contributed by atoms with Crippen LogP contribution in [0.25, 0.3) is 5.65 Å². The first-order valence-electron chi connectivity index (χ1n) is 5.12. The number of ether oxygens (including phenoxy) is 1. The number of nitrogens with one attached hydrogen (secondary N) is 1. The van der Waals surface area contributed by atoms with Gasteiger partial charge in [-0.25, -0.2) is 4.52 Å². The van der Waals surface area contributed by atoms with E-state index in [1.165, 1.54) is 0 Å². The smallest absolute Gasteiger partial charge is 0.243 e. The van der Waals surface area contributed by atoms with Gasteiger partial charge in [-0.3, -0.25) is 0 Å². The second-order valence-corrected chi connectivity index (χ2v) is 4.49. The maximum Gasteiger partial charge on any atom is 0.243 e. The summed E-state index contributed by atoms with van der Waals surface area (Å²) in [5, 5.41) is 16.6. The maximum absolute atomic E-state index is 9.47. The molecule has 0 aliphatic heterocycles. The fourth-order valence-electron chi connectivity index (χ4n) is 1.39. The average molecular weight is 301 g/mol. The van der Waals surface area contributed by atoms with Gasteiger partial charge in [-0.1, -0.05) is 0 Å². The molecule has 0 bridgehead atoms. The Bertz CT molecular complexity index is 502. The fraction of sp³-hybridized carbons (Fsp3) is 0.400. The van der Waals surface area contributed by atoms with Crippen molar-refractivity contribution in [1.29, 1.82) is 0 Å². The normalized spacial score (nSPS) is 12.9. The summed E-state index contributed by atoms with van der Waals surface area (Å²) in [6.45, 7) is 0.637. The van der Waals surface area contributed by atoms with E-state index in [-0.39, 0.29) is 6.61 Å². The summed E-state index contributed by atoms with van der Waals surface area (Å²) in [5.41, 5.74) is 0.747. The molecule has 2 heterocycles. The predicted octanol–water partition coefficient (Wildman–Crippen LogP) is 0.911. The van der Waals surface area contributed by atoms with E-state index in [0.29, 0.717) is 12.5 Å². The van der Waals surface area contributed by atoms with Crippen molar-refractivity contribution in [3.8, 4) is 0 Å². The molecular weight excluding hydrogens is 288 g/mol. The van der Waals surface area contributed by atoms with Crippen molar-refractivity contribution in [1.82, 2.24) is 14.6 Å². The van der Waals surface area contributed by atoms with Crippen molar-refractivity contribution in [3.63, 3.8) is 0 Å². The molecule has 92 valence electrons. The second kappa shape index (κ2) is 5.44. The van der Waals surface area contributed by atoms with Crippen LogP contribution in [0, 0.1) is 0 Å². The minimum atomic E-state index is -0.571. The molecular formula is C10H13BrN4O2. The molecule has 7 heteroatoms. The first-order valence-corrected chi connectivity index (χ1v) is 5.91. The molecule has 0 amide bonds. The lowest BCUT2D eigenvalue weighted by Crippen LogP contribution is -2.24. The first-order chi connectivity index (χ1) is 8.19. The number of aliphatic hydroxyl groups is 1. The van der Waals surface area contributed by atoms with Crippen LogP contribution in [-0.4, -0.2) is 46.1 Å². The van der Waals surface area contributed by atoms with Crippen molar-refractivity contribution < 1.29 is 9.84 Å². The lowest BCUT2D eigenvalue weighted by atomic mass is 10.4. The number of rotatable bonds is 5. The van der Waals surface area contributed by atoms with Crippen LogP contribution in [0.1, 0.15) is 0 Å². The van der Waals surface area contributed by atoms with Crippen molar-refractivity contribution >= 4 is 27.5 Å². The summed E-state index contributed by atoms with van der Waals surface area (Å²) in [7, 11) is 1.55. The monoisotopic (exact) mass is 300 g/mol. The van der Waals surface area contributed by atoms with Gasteiger partial charge >= 0.3 is 0 Å². The molecule has 2 rings (SSSR count). The maximum atomic E-state index is 9.47. The third kappa shape index (κ3) is 3.15. The molecule has 0 saturated heterocycles. The van der Waals surface area contributed by atoms with E-state index in [1.807, 2.05) is 18.3 Å². The van der Waals surface area contributed by atoms with Crippen LogP contribution < -0.4 is 5.32 Å². The number of fused-ring (bicyclic) bond motifs is 1. The highest BCUT2D eigenvalue weighted by Crippen LogP contribution is 2.11. The highest BCUT2D eigenvalue weighted by atomic mass is 79.9. The van der Waals surface area contributed by atoms with E-state index >= 15 is 0 Å². The molecule has 0 saturated carbocycles. The Balaban J connectivity index is 2.04. The summed E-state index contributed by atoms with van der Waals surface area (Å²) in [4.78, 5) is 4.25. The van der Waals surface area contributed by atoms with Crippen molar-refractivity contribution in [2.24, 2.45) is 0 Å². The number of pyridine rings is 1. The molecule has 1 atom stereocenters. The minimum absolute atomic E-state index is 0.284. The van der Waals surface area contributed by atoms with Crippen LogP contribution in [0.2, 0.25) is 0 Å². The average Bonchev–Trinajstić information content (AvgIpc) is 2.68. The molecule has 6 nitrogen and oxygen atoms in total. The standard InChI is InChI=1S/C10H13BrN4O2/c1-17-6-8(16)4-12-10-13-9-3-2-7(11)5-15(9)14-10/h2-3,5,8,16H,4,6H2,1H3,(H,12,14). The number of halogens is 1. The third-order valence-electron chi connectivity index (χ3n) is 2.15. The molecule has 2 aromatic rings. The number of aromatic nitrogens is 3. The number of nitrogens with zero attached hydrogens (tertiary/aromatic N) is 3. The van der Waals surface area contributed by atoms with E-state index in [1.54, 1.807) is 11.6 Å². The van der Waals surface area contributed by atoms with Crippen molar-refractivity contribution in [2.75, 3.05) is 25.6 Å². The predicted molar refractivity (Wildman–Crippen MR) is 67.1 cm³/mol. The van der Waals surface area contributed by atoms with Crippen molar-refractivity contribution in [3.05, 3.63) is 22.8 Å². The Kier molecular flexibility index (Phi) is 3.93. The van der Waals surface area contributed by atoms with Gasteiger partial charge < -0.3 is 15.2 Å². The molecule has 17 heavy (non-hydrogen) atoms. The fourth-order valence-corrected chi connectivity index (χ4v) is 1.72. The van der Waals surface area contributed by atoms with Gasteiger partial charge in [-0.2, -0.15) is 4.98 Å². The number of methoxy groups -OCH3 is 1. The SMILES string of the molecule is COCC(O)CNc1nc2ccc(Br)cn2n1. The Hall–Kier alpha value is -1.18. The van der Waals surface area contributed by atoms with Gasteiger partial charge in [0.2, 0.25) is 5.95 Å². The Morgan fingerprint density at radius 2 is 2.41 bits per heavy atom. The number of hydrogen-bond acceptors (Lipinski definition) is 5. The molecule has 0 fully saturated rings. The van der Waals surface area contributed by atoms with Crippen LogP contribution in [-0.2, 0) is 4.74 Å². The van der Waals surface area contributed by atoms with Crippen LogP contribution in [0.15, 0.2) is 22.8 Å². The topological polar surface area (TPSA) is 71.7 Å². The number of hydrogen-bond donors (Lipinski definition) is 2. The Morgan fingerprint density at radius 3 is 3.18 bits per heavy atom. The van der Waals surface area contributed by atoms with Crippen LogP contribution in [0.5, 0.6) is 0 Å². The highest BCUT2D eigenvalue weighted by molar-refractivity contribution is 9.10. The quantitative estimate of drug-likeness (QED) is 0.859. The van der Waals surface area contributed by atoms with E-state index < -0.39 is 6.10 Å². The Morgan fingerprint density at radius 1 is 1.59 bits per heavy atom. The molecule has 0 aliphatic rings. The third-order valence-corrected chi connectivity index (χ3v) is 2.62. The summed E-state index contributed by atoms with van der Waals surface area (Å²) in [6.07, 6.45) is 1.25. The van der Waals surface area contributed by atoms with E-state index in [4.69, 9.17) is 4.74 Å². The van der Waals surface area contributed by atoms with Gasteiger partial charge in [0.1, 0.15) is 0 Å². The first kappa shape index (κ1) is 12.3. The lowest BCUT2D eigenvalue weighted by molar-refractivity contribution is 0.0726. The lowest BCUT2D eigenvalue weighted by Gasteiger charge is -2.08. The van der Waals surface area contributed by atoms with Crippen molar-refractivity contribution in [2.45, 2.75) is 6.10 Å². The molecule has 0 spiro atoms.